The maximum atomic E-state index is 5.70. The Hall–Kier alpha value is -0.120. The largest absolute Gasteiger partial charge is 0.377 e. The van der Waals surface area contributed by atoms with Crippen molar-refractivity contribution in [3.8, 4) is 0 Å². The fraction of sp³-hybridized carbons (Fsp3) is 1.00. The molecule has 2 aliphatic heterocycles. The molecule has 0 bridgehead atoms. The van der Waals surface area contributed by atoms with Gasteiger partial charge in [0.25, 0.3) is 0 Å². The van der Waals surface area contributed by atoms with E-state index in [-0.39, 0.29) is 0 Å². The summed E-state index contributed by atoms with van der Waals surface area (Å²) in [6.45, 7) is 8.14. The van der Waals surface area contributed by atoms with E-state index in [1.165, 1.54) is 58.2 Å². The molecule has 0 aromatic carbocycles. The van der Waals surface area contributed by atoms with Crippen molar-refractivity contribution < 1.29 is 4.74 Å². The third-order valence-corrected chi connectivity index (χ3v) is 4.12. The van der Waals surface area contributed by atoms with Crippen molar-refractivity contribution >= 4 is 0 Å². The third-order valence-electron chi connectivity index (χ3n) is 4.12. The molecule has 2 unspecified atom stereocenters. The summed E-state index contributed by atoms with van der Waals surface area (Å²) in [5.41, 5.74) is 0. The van der Waals surface area contributed by atoms with E-state index in [0.29, 0.717) is 12.1 Å². The lowest BCUT2D eigenvalue weighted by Gasteiger charge is -2.24. The highest BCUT2D eigenvalue weighted by atomic mass is 16.5. The maximum absolute atomic E-state index is 5.70. The minimum atomic E-state index is 0.458. The molecule has 0 amide bonds. The van der Waals surface area contributed by atoms with Gasteiger partial charge in [0.15, 0.2) is 0 Å². The monoisotopic (exact) mass is 240 g/mol. The molecule has 100 valence electrons. The SMILES string of the molecule is CC(NCCN1CCCCCC1)C1CCCO1. The standard InChI is InChI=1S/C14H28N2O/c1-13(14-7-6-12-17-14)15-8-11-16-9-4-2-3-5-10-16/h13-15H,2-12H2,1H3. The number of ether oxygens (including phenoxy) is 1. The Labute approximate surface area is 106 Å². The van der Waals surface area contributed by atoms with Gasteiger partial charge in [-0.1, -0.05) is 12.8 Å². The number of rotatable bonds is 5. The molecule has 3 heteroatoms. The van der Waals surface area contributed by atoms with Crippen LogP contribution in [0.15, 0.2) is 0 Å². The number of hydrogen-bond acceptors (Lipinski definition) is 3. The van der Waals surface area contributed by atoms with Gasteiger partial charge in [-0.05, 0) is 45.7 Å². The Bertz CT molecular complexity index is 194. The van der Waals surface area contributed by atoms with Gasteiger partial charge in [-0.2, -0.15) is 0 Å². The van der Waals surface area contributed by atoms with Gasteiger partial charge >= 0.3 is 0 Å². The lowest BCUT2D eigenvalue weighted by molar-refractivity contribution is 0.0827. The molecule has 2 fully saturated rings. The second-order valence-electron chi connectivity index (χ2n) is 5.55. The summed E-state index contributed by atoms with van der Waals surface area (Å²) in [5, 5.41) is 3.63. The zero-order valence-electron chi connectivity index (χ0n) is 11.3. The number of hydrogen-bond donors (Lipinski definition) is 1. The Morgan fingerprint density at radius 3 is 2.59 bits per heavy atom. The van der Waals surface area contributed by atoms with E-state index in [2.05, 4.69) is 17.1 Å². The first-order valence-corrected chi connectivity index (χ1v) is 7.43. The van der Waals surface area contributed by atoms with E-state index in [9.17, 15) is 0 Å². The highest BCUT2D eigenvalue weighted by Crippen LogP contribution is 2.15. The van der Waals surface area contributed by atoms with Crippen LogP contribution < -0.4 is 5.32 Å². The Morgan fingerprint density at radius 1 is 1.18 bits per heavy atom. The fourth-order valence-corrected chi connectivity index (χ4v) is 2.94. The molecule has 0 aromatic heterocycles. The molecule has 0 aromatic rings. The van der Waals surface area contributed by atoms with E-state index in [4.69, 9.17) is 4.74 Å². The summed E-state index contributed by atoms with van der Waals surface area (Å²) < 4.78 is 5.70. The summed E-state index contributed by atoms with van der Waals surface area (Å²) in [5.74, 6) is 0. The summed E-state index contributed by atoms with van der Waals surface area (Å²) in [4.78, 5) is 2.61. The van der Waals surface area contributed by atoms with E-state index in [0.717, 1.165) is 13.2 Å². The van der Waals surface area contributed by atoms with Crippen LogP contribution in [0.5, 0.6) is 0 Å². The molecule has 0 radical (unpaired) electrons. The molecule has 2 saturated heterocycles. The minimum absolute atomic E-state index is 0.458. The van der Waals surface area contributed by atoms with Gasteiger partial charge in [0.1, 0.15) is 0 Å². The zero-order chi connectivity index (χ0) is 11.9. The number of nitrogens with zero attached hydrogens (tertiary/aromatic N) is 1. The van der Waals surface area contributed by atoms with Crippen molar-refractivity contribution in [3.63, 3.8) is 0 Å². The van der Waals surface area contributed by atoms with E-state index < -0.39 is 0 Å². The molecule has 3 nitrogen and oxygen atoms in total. The average Bonchev–Trinajstić information content (AvgIpc) is 2.75. The molecule has 2 atom stereocenters. The molecule has 2 heterocycles. The van der Waals surface area contributed by atoms with Crippen molar-refractivity contribution in [2.24, 2.45) is 0 Å². The number of nitrogens with one attached hydrogen (secondary N) is 1. The third kappa shape index (κ3) is 4.57. The molecule has 1 N–H and O–H groups in total. The average molecular weight is 240 g/mol. The lowest BCUT2D eigenvalue weighted by atomic mass is 10.1. The zero-order valence-corrected chi connectivity index (χ0v) is 11.3. The van der Waals surface area contributed by atoms with Crippen LogP contribution in [0.25, 0.3) is 0 Å². The van der Waals surface area contributed by atoms with Gasteiger partial charge in [-0.25, -0.2) is 0 Å². The first kappa shape index (κ1) is 13.3. The van der Waals surface area contributed by atoms with Crippen LogP contribution in [0.3, 0.4) is 0 Å². The van der Waals surface area contributed by atoms with Crippen LogP contribution >= 0.6 is 0 Å². The second-order valence-corrected chi connectivity index (χ2v) is 5.55. The molecule has 0 aliphatic carbocycles. The Morgan fingerprint density at radius 2 is 1.94 bits per heavy atom. The van der Waals surface area contributed by atoms with Crippen LogP contribution in [-0.4, -0.2) is 49.8 Å². The lowest BCUT2D eigenvalue weighted by Crippen LogP contribution is -2.41. The summed E-state index contributed by atoms with van der Waals surface area (Å²) in [7, 11) is 0. The van der Waals surface area contributed by atoms with E-state index in [1.807, 2.05) is 0 Å². The molecular formula is C14H28N2O. The normalized spacial score (nSPS) is 29.1. The highest BCUT2D eigenvalue weighted by molar-refractivity contribution is 4.77. The Kier molecular flexibility index (Phi) is 5.75. The first-order valence-electron chi connectivity index (χ1n) is 7.43. The quantitative estimate of drug-likeness (QED) is 0.795. The fourth-order valence-electron chi connectivity index (χ4n) is 2.94. The van der Waals surface area contributed by atoms with Crippen LogP contribution in [-0.2, 0) is 4.74 Å². The molecule has 0 saturated carbocycles. The summed E-state index contributed by atoms with van der Waals surface area (Å²) in [6, 6.07) is 0.518. The van der Waals surface area contributed by atoms with Gasteiger partial charge in [0.2, 0.25) is 0 Å². The predicted octanol–water partition coefficient (Wildman–Crippen LogP) is 2.02. The summed E-state index contributed by atoms with van der Waals surface area (Å²) >= 11 is 0. The van der Waals surface area contributed by atoms with Gasteiger partial charge in [0, 0.05) is 25.7 Å². The van der Waals surface area contributed by atoms with Crippen molar-refractivity contribution in [1.82, 2.24) is 10.2 Å². The van der Waals surface area contributed by atoms with Gasteiger partial charge in [0.05, 0.1) is 6.10 Å². The van der Waals surface area contributed by atoms with Crippen LogP contribution in [0.4, 0.5) is 0 Å². The molecule has 0 spiro atoms. The van der Waals surface area contributed by atoms with Gasteiger partial charge in [-0.3, -0.25) is 0 Å². The van der Waals surface area contributed by atoms with Crippen molar-refractivity contribution in [1.29, 1.82) is 0 Å². The number of likely N-dealkylation sites (tertiary alicyclic amines) is 1. The predicted molar refractivity (Wildman–Crippen MR) is 71.3 cm³/mol. The highest BCUT2D eigenvalue weighted by Gasteiger charge is 2.21. The summed E-state index contributed by atoms with van der Waals surface area (Å²) in [6.07, 6.45) is 8.56. The van der Waals surface area contributed by atoms with Crippen molar-refractivity contribution in [2.75, 3.05) is 32.8 Å². The first-order chi connectivity index (χ1) is 8.36. The van der Waals surface area contributed by atoms with Gasteiger partial charge < -0.3 is 15.0 Å². The van der Waals surface area contributed by atoms with E-state index in [1.54, 1.807) is 0 Å². The topological polar surface area (TPSA) is 24.5 Å². The molecular weight excluding hydrogens is 212 g/mol. The van der Waals surface area contributed by atoms with Crippen LogP contribution in [0.1, 0.15) is 45.4 Å². The molecule has 2 aliphatic rings. The van der Waals surface area contributed by atoms with Crippen molar-refractivity contribution in [2.45, 2.75) is 57.6 Å². The van der Waals surface area contributed by atoms with E-state index >= 15 is 0 Å². The molecule has 2 rings (SSSR count). The molecule has 17 heavy (non-hydrogen) atoms. The van der Waals surface area contributed by atoms with Crippen LogP contribution in [0.2, 0.25) is 0 Å². The minimum Gasteiger partial charge on any atom is -0.377 e. The van der Waals surface area contributed by atoms with Gasteiger partial charge in [-0.15, -0.1) is 0 Å². The Balaban J connectivity index is 1.57. The second kappa shape index (κ2) is 7.34. The smallest absolute Gasteiger partial charge is 0.0726 e. The maximum Gasteiger partial charge on any atom is 0.0726 e. The van der Waals surface area contributed by atoms with Crippen LogP contribution in [0, 0.1) is 0 Å². The van der Waals surface area contributed by atoms with Crippen molar-refractivity contribution in [3.05, 3.63) is 0 Å².